The molecule has 0 saturated carbocycles. The molecular weight excluding hydrogens is 573 g/mol. The predicted molar refractivity (Wildman–Crippen MR) is 156 cm³/mol. The summed E-state index contributed by atoms with van der Waals surface area (Å²) in [5, 5.41) is 6.50. The number of amides is 2. The molecule has 3 aromatic rings. The average Bonchev–Trinajstić information content (AvgIpc) is 2.97. The van der Waals surface area contributed by atoms with Crippen molar-refractivity contribution in [1.82, 2.24) is 15.5 Å². The number of piperidine rings is 1. The number of hydrogen-bond donors (Lipinski definition) is 2. The minimum absolute atomic E-state index is 0.0223. The zero-order chi connectivity index (χ0) is 25.6. The third-order valence-corrected chi connectivity index (χ3v) is 8.59. The van der Waals surface area contributed by atoms with Gasteiger partial charge in [-0.15, -0.1) is 0 Å². The minimum Gasteiger partial charge on any atom is -0.343 e. The Bertz CT molecular complexity index is 1210. The molecule has 2 aliphatic heterocycles. The monoisotopic (exact) mass is 607 g/mol. The van der Waals surface area contributed by atoms with Gasteiger partial charge in [0.15, 0.2) is 0 Å². The van der Waals surface area contributed by atoms with Crippen molar-refractivity contribution in [3.8, 4) is 0 Å². The Morgan fingerprint density at radius 1 is 0.892 bits per heavy atom. The van der Waals surface area contributed by atoms with E-state index >= 15 is 0 Å². The number of hydrogen-bond acceptors (Lipinski definition) is 3. The van der Waals surface area contributed by atoms with Gasteiger partial charge in [0, 0.05) is 30.5 Å². The highest BCUT2D eigenvalue weighted by atomic mass is 127. The van der Waals surface area contributed by atoms with Crippen LogP contribution in [0, 0.1) is 0 Å². The molecule has 1 unspecified atom stereocenters. The Kier molecular flexibility index (Phi) is 8.56. The van der Waals surface area contributed by atoms with Crippen LogP contribution in [0.15, 0.2) is 78.9 Å². The van der Waals surface area contributed by atoms with Crippen LogP contribution in [-0.4, -0.2) is 41.9 Å². The normalized spacial score (nSPS) is 18.6. The van der Waals surface area contributed by atoms with Crippen LogP contribution in [-0.2, 0) is 33.4 Å². The molecule has 0 radical (unpaired) electrons. The number of likely N-dealkylation sites (tertiary alicyclic amines) is 1. The number of rotatable bonds is 7. The molecule has 2 heterocycles. The molecule has 5 nitrogen and oxygen atoms in total. The van der Waals surface area contributed by atoms with Crippen LogP contribution in [0.25, 0.3) is 0 Å². The number of nitrogens with one attached hydrogen (secondary N) is 2. The second-order valence-corrected chi connectivity index (χ2v) is 10.9. The summed E-state index contributed by atoms with van der Waals surface area (Å²) in [5.74, 6) is 0.399. The number of benzene rings is 3. The van der Waals surface area contributed by atoms with Gasteiger partial charge in [-0.1, -0.05) is 101 Å². The molecule has 3 aromatic carbocycles. The Balaban J connectivity index is 1.28. The van der Waals surface area contributed by atoms with Gasteiger partial charge in [-0.05, 0) is 53.0 Å². The number of carbonyl (C=O) groups is 2. The van der Waals surface area contributed by atoms with E-state index in [9.17, 15) is 9.59 Å². The fourth-order valence-electron chi connectivity index (χ4n) is 5.49. The van der Waals surface area contributed by atoms with E-state index in [4.69, 9.17) is 0 Å². The molecule has 0 spiro atoms. The molecule has 0 bridgehead atoms. The van der Waals surface area contributed by atoms with Gasteiger partial charge in [0.05, 0.1) is 6.04 Å². The van der Waals surface area contributed by atoms with Crippen molar-refractivity contribution in [3.05, 3.63) is 107 Å². The minimum atomic E-state index is -0.579. The van der Waals surface area contributed by atoms with Crippen LogP contribution in [0.2, 0.25) is 0 Å². The van der Waals surface area contributed by atoms with Gasteiger partial charge in [0.25, 0.3) is 0 Å². The SMILES string of the molecule is O=C(N[C@H](Cc1ccc(CI)cc1)C(=O)N1CCC(c2ccccc2)CC1)C1Cc2ccccc2CN1. The zero-order valence-corrected chi connectivity index (χ0v) is 23.2. The Morgan fingerprint density at radius 3 is 2.24 bits per heavy atom. The van der Waals surface area contributed by atoms with Gasteiger partial charge < -0.3 is 15.5 Å². The summed E-state index contributed by atoms with van der Waals surface area (Å²) in [4.78, 5) is 29.1. The fourth-order valence-corrected chi connectivity index (χ4v) is 6.00. The molecule has 37 heavy (non-hydrogen) atoms. The first-order valence-electron chi connectivity index (χ1n) is 13.2. The standard InChI is InChI=1S/C31H34IN3O2/c32-20-23-12-10-22(11-13-23)18-29(34-30(36)28-19-26-8-4-5-9-27(26)21-33-28)31(37)35-16-14-25(15-17-35)24-6-2-1-3-7-24/h1-13,25,28-29,33H,14-21H2,(H,34,36)/t28?,29-/m1/s1. The first-order chi connectivity index (χ1) is 18.1. The second-order valence-electron chi connectivity index (χ2n) is 10.1. The lowest BCUT2D eigenvalue weighted by Crippen LogP contribution is -2.56. The Hall–Kier alpha value is -2.71. The summed E-state index contributed by atoms with van der Waals surface area (Å²) in [6.07, 6.45) is 3.02. The topological polar surface area (TPSA) is 61.4 Å². The number of nitrogens with zero attached hydrogens (tertiary/aromatic N) is 1. The van der Waals surface area contributed by atoms with Gasteiger partial charge >= 0.3 is 0 Å². The van der Waals surface area contributed by atoms with Crippen LogP contribution >= 0.6 is 22.6 Å². The van der Waals surface area contributed by atoms with Crippen molar-refractivity contribution in [2.24, 2.45) is 0 Å². The van der Waals surface area contributed by atoms with Gasteiger partial charge in [-0.25, -0.2) is 0 Å². The van der Waals surface area contributed by atoms with E-state index in [1.807, 2.05) is 23.1 Å². The molecule has 2 aliphatic rings. The van der Waals surface area contributed by atoms with E-state index in [1.54, 1.807) is 0 Å². The molecule has 0 aliphatic carbocycles. The third kappa shape index (κ3) is 6.41. The second kappa shape index (κ2) is 12.2. The third-order valence-electron chi connectivity index (χ3n) is 7.71. The van der Waals surface area contributed by atoms with Gasteiger partial charge in [0.1, 0.15) is 6.04 Å². The highest BCUT2D eigenvalue weighted by molar-refractivity contribution is 14.1. The molecule has 0 aromatic heterocycles. The zero-order valence-electron chi connectivity index (χ0n) is 21.0. The maximum atomic E-state index is 13.8. The first-order valence-corrected chi connectivity index (χ1v) is 14.7. The Morgan fingerprint density at radius 2 is 1.54 bits per heavy atom. The number of carbonyl (C=O) groups excluding carboxylic acids is 2. The van der Waals surface area contributed by atoms with Crippen molar-refractivity contribution >= 4 is 34.4 Å². The Labute approximate surface area is 233 Å². The highest BCUT2D eigenvalue weighted by Crippen LogP contribution is 2.28. The maximum Gasteiger partial charge on any atom is 0.245 e. The summed E-state index contributed by atoms with van der Waals surface area (Å²) in [5.41, 5.74) is 6.09. The summed E-state index contributed by atoms with van der Waals surface area (Å²) in [6.45, 7) is 2.10. The lowest BCUT2D eigenvalue weighted by Gasteiger charge is -2.35. The van der Waals surface area contributed by atoms with E-state index in [1.165, 1.54) is 22.3 Å². The van der Waals surface area contributed by atoms with Crippen molar-refractivity contribution in [2.75, 3.05) is 13.1 Å². The summed E-state index contributed by atoms with van der Waals surface area (Å²) >= 11 is 2.35. The lowest BCUT2D eigenvalue weighted by molar-refractivity contribution is -0.137. The van der Waals surface area contributed by atoms with Crippen LogP contribution in [0.1, 0.15) is 46.6 Å². The quantitative estimate of drug-likeness (QED) is 0.301. The molecule has 5 rings (SSSR count). The van der Waals surface area contributed by atoms with Crippen molar-refractivity contribution in [2.45, 2.75) is 54.7 Å². The number of fused-ring (bicyclic) bond motifs is 1. The summed E-state index contributed by atoms with van der Waals surface area (Å²) < 4.78 is 0.947. The van der Waals surface area contributed by atoms with E-state index < -0.39 is 6.04 Å². The number of alkyl halides is 1. The highest BCUT2D eigenvalue weighted by Gasteiger charge is 2.32. The maximum absolute atomic E-state index is 13.8. The molecule has 192 valence electrons. The van der Waals surface area contributed by atoms with Crippen molar-refractivity contribution in [1.29, 1.82) is 0 Å². The smallest absolute Gasteiger partial charge is 0.245 e. The predicted octanol–water partition coefficient (Wildman–Crippen LogP) is 4.77. The van der Waals surface area contributed by atoms with E-state index in [0.29, 0.717) is 38.4 Å². The molecule has 2 atom stereocenters. The van der Waals surface area contributed by atoms with Crippen LogP contribution in [0.4, 0.5) is 0 Å². The van der Waals surface area contributed by atoms with Crippen LogP contribution in [0.3, 0.4) is 0 Å². The van der Waals surface area contributed by atoms with Gasteiger partial charge in [-0.3, -0.25) is 9.59 Å². The molecule has 6 heteroatoms. The van der Waals surface area contributed by atoms with Gasteiger partial charge in [-0.2, -0.15) is 0 Å². The summed E-state index contributed by atoms with van der Waals surface area (Å²) in [7, 11) is 0. The molecule has 2 N–H and O–H groups in total. The van der Waals surface area contributed by atoms with Crippen molar-refractivity contribution < 1.29 is 9.59 Å². The van der Waals surface area contributed by atoms with Crippen molar-refractivity contribution in [3.63, 3.8) is 0 Å². The number of halogens is 1. The van der Waals surface area contributed by atoms with Crippen LogP contribution in [0.5, 0.6) is 0 Å². The fraction of sp³-hybridized carbons (Fsp3) is 0.355. The lowest BCUT2D eigenvalue weighted by atomic mass is 9.89. The largest absolute Gasteiger partial charge is 0.343 e. The van der Waals surface area contributed by atoms with Crippen LogP contribution < -0.4 is 10.6 Å². The molecule has 2 amide bonds. The first kappa shape index (κ1) is 25.9. The van der Waals surface area contributed by atoms with E-state index in [-0.39, 0.29) is 17.9 Å². The van der Waals surface area contributed by atoms with E-state index in [0.717, 1.165) is 22.8 Å². The molecular formula is C31H34IN3O2. The van der Waals surface area contributed by atoms with Gasteiger partial charge in [0.2, 0.25) is 11.8 Å². The van der Waals surface area contributed by atoms with E-state index in [2.05, 4.69) is 93.9 Å². The molecule has 1 fully saturated rings. The molecule has 1 saturated heterocycles. The summed E-state index contributed by atoms with van der Waals surface area (Å²) in [6, 6.07) is 26.3. The average molecular weight is 608 g/mol.